The van der Waals surface area contributed by atoms with Crippen molar-refractivity contribution in [1.29, 1.82) is 0 Å². The lowest BCUT2D eigenvalue weighted by molar-refractivity contribution is -0.0430. The second-order valence-electron chi connectivity index (χ2n) is 5.90. The molecule has 0 radical (unpaired) electrons. The Bertz CT molecular complexity index is 975. The van der Waals surface area contributed by atoms with Crippen molar-refractivity contribution < 1.29 is 46.1 Å². The summed E-state index contributed by atoms with van der Waals surface area (Å²) in [6.07, 6.45) is 0.264. The largest absolute Gasteiger partial charge is 0.648 e. The van der Waals surface area contributed by atoms with Crippen molar-refractivity contribution in [1.82, 2.24) is 19.5 Å². The van der Waals surface area contributed by atoms with Crippen molar-refractivity contribution in [2.75, 3.05) is 26.6 Å². The molecule has 3 heterocycles. The number of anilines is 1. The van der Waals surface area contributed by atoms with Crippen LogP contribution < -0.4 is 5.73 Å². The van der Waals surface area contributed by atoms with Crippen molar-refractivity contribution in [3.05, 3.63) is 12.7 Å². The van der Waals surface area contributed by atoms with Crippen molar-refractivity contribution in [3.63, 3.8) is 0 Å². The van der Waals surface area contributed by atoms with Gasteiger partial charge in [0.05, 0.1) is 19.0 Å². The maximum atomic E-state index is 12.5. The first-order chi connectivity index (χ1) is 14.2. The molecule has 18 heteroatoms. The van der Waals surface area contributed by atoms with Crippen LogP contribution in [0.4, 0.5) is 5.82 Å². The van der Waals surface area contributed by atoms with Crippen molar-refractivity contribution >= 4 is 41.7 Å². The predicted octanol–water partition coefficient (Wildman–Crippen LogP) is 0.849. The van der Waals surface area contributed by atoms with Gasteiger partial charge < -0.3 is 25.0 Å². The van der Waals surface area contributed by atoms with E-state index in [1.807, 2.05) is 0 Å². The van der Waals surface area contributed by atoms with Crippen LogP contribution in [0.25, 0.3) is 11.2 Å². The Labute approximate surface area is 172 Å². The van der Waals surface area contributed by atoms with Gasteiger partial charge in [-0.15, -0.1) is 4.31 Å². The van der Waals surface area contributed by atoms with Crippen molar-refractivity contribution in [3.8, 4) is 0 Å². The first-order valence-electron chi connectivity index (χ1n) is 8.28. The molecule has 0 aliphatic carbocycles. The fourth-order valence-electron chi connectivity index (χ4n) is 2.63. The Kier molecular flexibility index (Phi) is 7.54. The van der Waals surface area contributed by atoms with Crippen LogP contribution in [-0.2, 0) is 36.1 Å². The number of aromatic nitrogens is 4. The maximum absolute atomic E-state index is 12.5. The third-order valence-corrected chi connectivity index (χ3v) is 7.97. The van der Waals surface area contributed by atoms with E-state index in [1.165, 1.54) is 19.8 Å². The summed E-state index contributed by atoms with van der Waals surface area (Å²) in [5, 5.41) is 10.3. The standard InChI is InChI=1S/C12H20N5O10P3/c1-22-28-26-29(19,20)27-30(21,23-2)24-4-8-7(18)3-9(25-8)17-6-16-10-11(13)14-5-15-12(10)17/h5-9,18,28H,3-4H2,1-2H3,(H,19,20)(H2,13,14,15)/p+1. The highest BCUT2D eigenvalue weighted by Crippen LogP contribution is 2.65. The second-order valence-corrected chi connectivity index (χ2v) is 10.4. The highest BCUT2D eigenvalue weighted by molar-refractivity contribution is 7.64. The van der Waals surface area contributed by atoms with Crippen molar-refractivity contribution in [2.24, 2.45) is 0 Å². The van der Waals surface area contributed by atoms with Crippen LogP contribution in [0.5, 0.6) is 0 Å². The summed E-state index contributed by atoms with van der Waals surface area (Å²) in [5.41, 5.74) is 6.56. The number of hydrogen-bond donors (Lipinski definition) is 2. The minimum atomic E-state index is -4.52. The number of ether oxygens (including phenoxy) is 1. The molecule has 0 saturated carbocycles. The molecule has 6 atom stereocenters. The van der Waals surface area contributed by atoms with Gasteiger partial charge in [0.15, 0.2) is 20.5 Å². The number of aliphatic hydroxyl groups excluding tert-OH is 1. The number of phosphoric acid groups is 1. The smallest absolute Gasteiger partial charge is 0.390 e. The normalized spacial score (nSPS) is 26.3. The second kappa shape index (κ2) is 9.60. The van der Waals surface area contributed by atoms with Crippen LogP contribution in [0.15, 0.2) is 12.7 Å². The number of nitrogen functional groups attached to an aromatic ring is 1. The fraction of sp³-hybridized carbons (Fsp3) is 0.583. The summed E-state index contributed by atoms with van der Waals surface area (Å²) >= 11 is 0. The minimum absolute atomic E-state index is 0.149. The monoisotopic (exact) mass is 488 g/mol. The summed E-state index contributed by atoms with van der Waals surface area (Å²) in [4.78, 5) is 19.5. The van der Waals surface area contributed by atoms with Gasteiger partial charge in [-0.25, -0.2) is 19.5 Å². The fourth-order valence-corrected chi connectivity index (χ4v) is 5.69. The number of nitrogens with two attached hydrogens (primary N) is 1. The lowest BCUT2D eigenvalue weighted by Gasteiger charge is -2.19. The number of phosphoric ester groups is 1. The molecule has 1 fully saturated rings. The van der Waals surface area contributed by atoms with E-state index in [0.717, 1.165) is 7.11 Å². The molecule has 0 aromatic carbocycles. The molecule has 2 aromatic heterocycles. The molecule has 15 nitrogen and oxygen atoms in total. The van der Waals surface area contributed by atoms with Gasteiger partial charge >= 0.3 is 15.6 Å². The van der Waals surface area contributed by atoms with E-state index in [0.29, 0.717) is 11.2 Å². The van der Waals surface area contributed by atoms with Gasteiger partial charge in [-0.3, -0.25) is 13.6 Å². The molecule has 0 bridgehead atoms. The number of rotatable bonds is 10. The lowest BCUT2D eigenvalue weighted by atomic mass is 10.2. The van der Waals surface area contributed by atoms with Crippen LogP contribution in [-0.4, -0.2) is 62.6 Å². The average Bonchev–Trinajstić information content (AvgIpc) is 3.29. The Morgan fingerprint density at radius 3 is 2.87 bits per heavy atom. The van der Waals surface area contributed by atoms with Gasteiger partial charge in [0.1, 0.15) is 24.2 Å². The summed E-state index contributed by atoms with van der Waals surface area (Å²) in [6.45, 7) is -0.445. The van der Waals surface area contributed by atoms with Gasteiger partial charge in [-0.05, 0) is 0 Å². The maximum Gasteiger partial charge on any atom is 0.648 e. The summed E-state index contributed by atoms with van der Waals surface area (Å²) in [7, 11) is -7.50. The quantitative estimate of drug-likeness (QED) is 0.352. The number of aliphatic hydroxyl groups is 1. The highest BCUT2D eigenvalue weighted by Gasteiger charge is 2.45. The zero-order chi connectivity index (χ0) is 21.9. The van der Waals surface area contributed by atoms with Gasteiger partial charge in [0.25, 0.3) is 0 Å². The molecular formula is C12H21N5O10P3+. The molecule has 2 aromatic rings. The number of hydrogen-bond acceptors (Lipinski definition) is 13. The molecular weight excluding hydrogens is 467 g/mol. The molecule has 3 rings (SSSR count). The topological polar surface area (TPSA) is 202 Å². The molecule has 1 aliphatic rings. The first-order valence-corrected chi connectivity index (χ1v) is 12.1. The van der Waals surface area contributed by atoms with Crippen LogP contribution in [0.3, 0.4) is 0 Å². The van der Waals surface area contributed by atoms with Crippen molar-refractivity contribution in [2.45, 2.75) is 24.9 Å². The van der Waals surface area contributed by atoms with E-state index in [-0.39, 0.29) is 12.2 Å². The molecule has 1 aliphatic heterocycles. The number of fused-ring (bicyclic) bond motifs is 1. The lowest BCUT2D eigenvalue weighted by Crippen LogP contribution is -2.26. The van der Waals surface area contributed by atoms with Crippen LogP contribution in [0.1, 0.15) is 12.6 Å². The van der Waals surface area contributed by atoms with Crippen LogP contribution >= 0.6 is 24.7 Å². The summed E-state index contributed by atoms with van der Waals surface area (Å²) in [5.74, 6) is 0.200. The third-order valence-electron chi connectivity index (χ3n) is 3.97. The molecule has 0 spiro atoms. The number of imidazole rings is 1. The highest BCUT2D eigenvalue weighted by atomic mass is 31.3. The van der Waals surface area contributed by atoms with Gasteiger partial charge in [-0.2, -0.15) is 8.88 Å². The molecule has 30 heavy (non-hydrogen) atoms. The SMILES string of the molecule is COPOP(=O)([OH2+])OP(=O)(OC)OCC1OC(n2cnc3c(N)ncnc32)CC1O. The average molecular weight is 488 g/mol. The van der Waals surface area contributed by atoms with Crippen LogP contribution in [0, 0.1) is 0 Å². The van der Waals surface area contributed by atoms with E-state index in [2.05, 4.69) is 32.6 Å². The zero-order valence-corrected chi connectivity index (χ0v) is 18.6. The van der Waals surface area contributed by atoms with Crippen LogP contribution in [0.2, 0.25) is 0 Å². The Morgan fingerprint density at radius 2 is 2.17 bits per heavy atom. The van der Waals surface area contributed by atoms with Gasteiger partial charge in [-0.1, -0.05) is 0 Å². The molecule has 0 amide bonds. The molecule has 168 valence electrons. The Morgan fingerprint density at radius 1 is 1.40 bits per heavy atom. The van der Waals surface area contributed by atoms with E-state index in [9.17, 15) is 14.2 Å². The summed E-state index contributed by atoms with van der Waals surface area (Å²) in [6, 6.07) is 0. The Balaban J connectivity index is 1.65. The third kappa shape index (κ3) is 5.39. The van der Waals surface area contributed by atoms with Gasteiger partial charge in [0, 0.05) is 20.6 Å². The number of nitrogens with zero attached hydrogens (tertiary/aromatic N) is 4. The molecule has 5 N–H and O–H groups in total. The van der Waals surface area contributed by atoms with E-state index >= 15 is 0 Å². The van der Waals surface area contributed by atoms with E-state index < -0.39 is 49.7 Å². The summed E-state index contributed by atoms with van der Waals surface area (Å²) < 4.78 is 55.1. The Hall–Kier alpha value is -1.08. The van der Waals surface area contributed by atoms with Gasteiger partial charge in [0.2, 0.25) is 0 Å². The van der Waals surface area contributed by atoms with E-state index in [1.54, 1.807) is 4.57 Å². The predicted molar refractivity (Wildman–Crippen MR) is 104 cm³/mol. The molecule has 6 unspecified atom stereocenters. The zero-order valence-electron chi connectivity index (χ0n) is 15.8. The minimum Gasteiger partial charge on any atom is -0.390 e. The molecule has 1 saturated heterocycles. The van der Waals surface area contributed by atoms with E-state index in [4.69, 9.17) is 19.9 Å². The first kappa shape index (κ1) is 23.6.